The van der Waals surface area contributed by atoms with E-state index < -0.39 is 5.41 Å². The van der Waals surface area contributed by atoms with Gasteiger partial charge in [0.25, 0.3) is 0 Å². The number of amides is 1. The monoisotopic (exact) mass is 441 g/mol. The van der Waals surface area contributed by atoms with Crippen molar-refractivity contribution in [1.29, 1.82) is 0 Å². The average Bonchev–Trinajstić information content (AvgIpc) is 2.83. The second kappa shape index (κ2) is 10.5. The molecule has 1 N–H and O–H groups in total. The highest BCUT2D eigenvalue weighted by molar-refractivity contribution is 6.30. The number of hydrogen-bond acceptors (Lipinski definition) is 4. The normalized spacial score (nSPS) is 19.2. The number of piperazine rings is 1. The molecular weight excluding hydrogens is 410 g/mol. The smallest absolute Gasteiger partial charge is 0.230 e. The van der Waals surface area contributed by atoms with Crippen molar-refractivity contribution in [2.45, 2.75) is 24.7 Å². The van der Waals surface area contributed by atoms with E-state index in [2.05, 4.69) is 39.4 Å². The van der Waals surface area contributed by atoms with Crippen LogP contribution in [-0.4, -0.2) is 63.3 Å². The highest BCUT2D eigenvalue weighted by Crippen LogP contribution is 2.35. The fraction of sp³-hybridized carbons (Fsp3) is 0.480. The van der Waals surface area contributed by atoms with Gasteiger partial charge >= 0.3 is 0 Å². The first-order chi connectivity index (χ1) is 15.2. The summed E-state index contributed by atoms with van der Waals surface area (Å²) >= 11 is 6.00. The number of carbonyl (C=O) groups is 1. The van der Waals surface area contributed by atoms with Crippen LogP contribution >= 0.6 is 11.6 Å². The Labute approximate surface area is 190 Å². The maximum Gasteiger partial charge on any atom is 0.230 e. The number of nitrogens with zero attached hydrogens (tertiary/aromatic N) is 2. The van der Waals surface area contributed by atoms with E-state index in [0.29, 0.717) is 19.8 Å². The van der Waals surface area contributed by atoms with Gasteiger partial charge in [-0.25, -0.2) is 0 Å². The fourth-order valence-corrected chi connectivity index (χ4v) is 4.81. The van der Waals surface area contributed by atoms with Crippen LogP contribution < -0.4 is 10.2 Å². The van der Waals surface area contributed by atoms with Crippen molar-refractivity contribution >= 4 is 23.2 Å². The van der Waals surface area contributed by atoms with Gasteiger partial charge in [0.2, 0.25) is 5.91 Å². The molecular formula is C25H32ClN3O2. The molecule has 2 saturated heterocycles. The van der Waals surface area contributed by atoms with Crippen molar-refractivity contribution in [2.75, 3.05) is 57.4 Å². The second-order valence-corrected chi connectivity index (χ2v) is 8.91. The summed E-state index contributed by atoms with van der Waals surface area (Å²) in [7, 11) is 0. The summed E-state index contributed by atoms with van der Waals surface area (Å²) in [6.07, 6.45) is 2.46. The van der Waals surface area contributed by atoms with Gasteiger partial charge in [0.1, 0.15) is 0 Å². The predicted molar refractivity (Wildman–Crippen MR) is 126 cm³/mol. The van der Waals surface area contributed by atoms with Crippen molar-refractivity contribution in [2.24, 2.45) is 0 Å². The van der Waals surface area contributed by atoms with Crippen LogP contribution in [-0.2, 0) is 14.9 Å². The Morgan fingerprint density at radius 2 is 1.65 bits per heavy atom. The van der Waals surface area contributed by atoms with Crippen molar-refractivity contribution in [3.8, 4) is 0 Å². The van der Waals surface area contributed by atoms with Crippen LogP contribution in [0.15, 0.2) is 54.6 Å². The Morgan fingerprint density at radius 3 is 2.32 bits per heavy atom. The minimum absolute atomic E-state index is 0.148. The second-order valence-electron chi connectivity index (χ2n) is 8.48. The molecule has 2 heterocycles. The van der Waals surface area contributed by atoms with Gasteiger partial charge in [-0.1, -0.05) is 41.9 Å². The van der Waals surface area contributed by atoms with Crippen LogP contribution in [0.25, 0.3) is 0 Å². The van der Waals surface area contributed by atoms with E-state index >= 15 is 0 Å². The summed E-state index contributed by atoms with van der Waals surface area (Å²) in [5.41, 5.74) is 1.89. The summed E-state index contributed by atoms with van der Waals surface area (Å²) in [6.45, 7) is 7.13. The Morgan fingerprint density at radius 1 is 0.968 bits per heavy atom. The maximum atomic E-state index is 13.2. The van der Waals surface area contributed by atoms with Gasteiger partial charge in [0.05, 0.1) is 5.41 Å². The molecule has 31 heavy (non-hydrogen) atoms. The largest absolute Gasteiger partial charge is 0.381 e. The lowest BCUT2D eigenvalue weighted by Gasteiger charge is -2.37. The van der Waals surface area contributed by atoms with Gasteiger partial charge in [-0.3, -0.25) is 9.69 Å². The molecule has 0 unspecified atom stereocenters. The zero-order chi connectivity index (χ0) is 21.5. The molecule has 0 bridgehead atoms. The summed E-state index contributed by atoms with van der Waals surface area (Å²) in [4.78, 5) is 18.1. The average molecular weight is 442 g/mol. The van der Waals surface area contributed by atoms with Gasteiger partial charge < -0.3 is 15.0 Å². The number of halogens is 1. The maximum absolute atomic E-state index is 13.2. The summed E-state index contributed by atoms with van der Waals surface area (Å²) in [5.74, 6) is 0.148. The minimum Gasteiger partial charge on any atom is -0.381 e. The molecule has 5 nitrogen and oxygen atoms in total. The topological polar surface area (TPSA) is 44.8 Å². The van der Waals surface area contributed by atoms with E-state index in [-0.39, 0.29) is 5.91 Å². The number of ether oxygens (including phenoxy) is 1. The van der Waals surface area contributed by atoms with Crippen LogP contribution in [0, 0.1) is 0 Å². The van der Waals surface area contributed by atoms with Crippen molar-refractivity contribution < 1.29 is 9.53 Å². The number of hydrogen-bond donors (Lipinski definition) is 1. The number of nitrogens with one attached hydrogen (secondary N) is 1. The lowest BCUT2D eigenvalue weighted by molar-refractivity contribution is -0.130. The first kappa shape index (κ1) is 22.1. The Bertz CT molecular complexity index is 830. The zero-order valence-electron chi connectivity index (χ0n) is 18.1. The molecule has 0 atom stereocenters. The van der Waals surface area contributed by atoms with E-state index in [1.54, 1.807) is 0 Å². The Hall–Kier alpha value is -2.08. The third-order valence-corrected chi connectivity index (χ3v) is 6.86. The van der Waals surface area contributed by atoms with E-state index in [1.807, 2.05) is 30.3 Å². The molecule has 2 aromatic rings. The summed E-state index contributed by atoms with van der Waals surface area (Å²) < 4.78 is 5.55. The zero-order valence-corrected chi connectivity index (χ0v) is 18.8. The van der Waals surface area contributed by atoms with E-state index in [1.165, 1.54) is 5.69 Å². The molecule has 0 aliphatic carbocycles. The molecule has 0 spiro atoms. The van der Waals surface area contributed by atoms with Crippen LogP contribution in [0.4, 0.5) is 5.69 Å². The van der Waals surface area contributed by atoms with E-state index in [4.69, 9.17) is 16.3 Å². The van der Waals surface area contributed by atoms with Crippen LogP contribution in [0.2, 0.25) is 5.02 Å². The lowest BCUT2D eigenvalue weighted by atomic mass is 9.73. The molecule has 2 aromatic carbocycles. The number of anilines is 1. The Balaban J connectivity index is 1.22. The standard InChI is InChI=1S/C25H32ClN3O2/c26-22-7-9-23(10-8-22)29-17-15-28(16-18-29)14-4-13-27-24(30)25(11-19-31-20-12-25)21-5-2-1-3-6-21/h1-3,5-10H,4,11-20H2,(H,27,30). The molecule has 0 saturated carbocycles. The fourth-order valence-electron chi connectivity index (χ4n) is 4.68. The molecule has 166 valence electrons. The van der Waals surface area contributed by atoms with E-state index in [0.717, 1.165) is 62.6 Å². The van der Waals surface area contributed by atoms with Gasteiger partial charge in [-0.05, 0) is 55.6 Å². The molecule has 4 rings (SSSR count). The number of benzene rings is 2. The molecule has 2 aliphatic rings. The predicted octanol–water partition coefficient (Wildman–Crippen LogP) is 3.72. The quantitative estimate of drug-likeness (QED) is 0.665. The van der Waals surface area contributed by atoms with Gasteiger partial charge in [-0.15, -0.1) is 0 Å². The molecule has 2 aliphatic heterocycles. The van der Waals surface area contributed by atoms with E-state index in [9.17, 15) is 4.79 Å². The van der Waals surface area contributed by atoms with Crippen LogP contribution in [0.1, 0.15) is 24.8 Å². The molecule has 0 aromatic heterocycles. The molecule has 2 fully saturated rings. The molecule has 0 radical (unpaired) electrons. The molecule has 6 heteroatoms. The van der Waals surface area contributed by atoms with Crippen LogP contribution in [0.5, 0.6) is 0 Å². The Kier molecular flexibility index (Phi) is 7.49. The SMILES string of the molecule is O=C(NCCCN1CCN(c2ccc(Cl)cc2)CC1)C1(c2ccccc2)CCOCC1. The minimum atomic E-state index is -0.455. The van der Waals surface area contributed by atoms with Crippen LogP contribution in [0.3, 0.4) is 0 Å². The highest BCUT2D eigenvalue weighted by atomic mass is 35.5. The van der Waals surface area contributed by atoms with Crippen molar-refractivity contribution in [3.05, 3.63) is 65.2 Å². The third-order valence-electron chi connectivity index (χ3n) is 6.61. The van der Waals surface area contributed by atoms with Gasteiger partial charge in [0.15, 0.2) is 0 Å². The summed E-state index contributed by atoms with van der Waals surface area (Å²) in [5, 5.41) is 4.00. The third kappa shape index (κ3) is 5.40. The summed E-state index contributed by atoms with van der Waals surface area (Å²) in [6, 6.07) is 18.3. The lowest BCUT2D eigenvalue weighted by Crippen LogP contribution is -2.49. The number of carbonyl (C=O) groups excluding carboxylic acids is 1. The number of rotatable bonds is 7. The van der Waals surface area contributed by atoms with Crippen molar-refractivity contribution in [1.82, 2.24) is 10.2 Å². The highest BCUT2D eigenvalue weighted by Gasteiger charge is 2.41. The van der Waals surface area contributed by atoms with Gasteiger partial charge in [0, 0.05) is 56.6 Å². The first-order valence-electron chi connectivity index (χ1n) is 11.3. The molecule has 1 amide bonds. The van der Waals surface area contributed by atoms with Gasteiger partial charge in [-0.2, -0.15) is 0 Å². The van der Waals surface area contributed by atoms with Crippen molar-refractivity contribution in [3.63, 3.8) is 0 Å². The first-order valence-corrected chi connectivity index (χ1v) is 11.7.